The lowest BCUT2D eigenvalue weighted by Gasteiger charge is -2.33. The molecular weight excluding hydrogens is 236 g/mol. The van der Waals surface area contributed by atoms with Crippen molar-refractivity contribution in [3.8, 4) is 5.75 Å². The van der Waals surface area contributed by atoms with Crippen molar-refractivity contribution in [3.05, 3.63) is 42.0 Å². The number of hydrogen-bond donors (Lipinski definition) is 2. The van der Waals surface area contributed by atoms with Gasteiger partial charge in [-0.05, 0) is 41.5 Å². The molecule has 3 rings (SSSR count). The van der Waals surface area contributed by atoms with Crippen molar-refractivity contribution in [3.63, 3.8) is 0 Å². The highest BCUT2D eigenvalue weighted by Crippen LogP contribution is 2.26. The number of fused-ring (bicyclic) bond motifs is 1. The van der Waals surface area contributed by atoms with Crippen LogP contribution in [0.1, 0.15) is 18.5 Å². The molecule has 100 valence electrons. The second-order valence-electron chi connectivity index (χ2n) is 5.25. The minimum Gasteiger partial charge on any atom is -0.508 e. The Balaban J connectivity index is 1.89. The molecule has 0 saturated carbocycles. The maximum Gasteiger partial charge on any atom is 0.116 e. The first kappa shape index (κ1) is 12.5. The zero-order chi connectivity index (χ0) is 13.2. The smallest absolute Gasteiger partial charge is 0.116 e. The molecule has 1 fully saturated rings. The molecule has 0 amide bonds. The molecular formula is C16H20N2O. The zero-order valence-electron chi connectivity index (χ0n) is 11.3. The Morgan fingerprint density at radius 2 is 1.74 bits per heavy atom. The molecule has 0 spiro atoms. The first-order chi connectivity index (χ1) is 9.24. The van der Waals surface area contributed by atoms with Crippen LogP contribution in [0.2, 0.25) is 0 Å². The SMILES string of the molecule is C[C@H](c1ccc2cc(O)ccc2c1)N1CCNCC1. The van der Waals surface area contributed by atoms with Gasteiger partial charge >= 0.3 is 0 Å². The van der Waals surface area contributed by atoms with Gasteiger partial charge in [0.25, 0.3) is 0 Å². The summed E-state index contributed by atoms with van der Waals surface area (Å²) >= 11 is 0. The Morgan fingerprint density at radius 3 is 2.53 bits per heavy atom. The summed E-state index contributed by atoms with van der Waals surface area (Å²) in [5, 5.41) is 15.2. The van der Waals surface area contributed by atoms with Crippen molar-refractivity contribution in [2.24, 2.45) is 0 Å². The maximum absolute atomic E-state index is 9.50. The molecule has 2 aromatic rings. The first-order valence-corrected chi connectivity index (χ1v) is 6.91. The Morgan fingerprint density at radius 1 is 1.05 bits per heavy atom. The predicted octanol–water partition coefficient (Wildman–Crippen LogP) is 2.51. The van der Waals surface area contributed by atoms with E-state index in [0.29, 0.717) is 11.8 Å². The van der Waals surface area contributed by atoms with Crippen LogP contribution in [0.25, 0.3) is 10.8 Å². The highest BCUT2D eigenvalue weighted by atomic mass is 16.3. The van der Waals surface area contributed by atoms with E-state index in [9.17, 15) is 5.11 Å². The lowest BCUT2D eigenvalue weighted by Crippen LogP contribution is -2.44. The average molecular weight is 256 g/mol. The standard InChI is InChI=1S/C16H20N2O/c1-12(18-8-6-17-7-9-18)13-2-3-15-11-16(19)5-4-14(15)10-13/h2-5,10-12,17,19H,6-9H2,1H3/t12-/m1/s1. The van der Waals surface area contributed by atoms with Crippen LogP contribution in [-0.4, -0.2) is 36.2 Å². The van der Waals surface area contributed by atoms with Crippen LogP contribution in [0.15, 0.2) is 36.4 Å². The van der Waals surface area contributed by atoms with Crippen molar-refractivity contribution in [2.45, 2.75) is 13.0 Å². The number of piperazine rings is 1. The van der Waals surface area contributed by atoms with Gasteiger partial charge in [0.15, 0.2) is 0 Å². The molecule has 1 saturated heterocycles. The van der Waals surface area contributed by atoms with Crippen molar-refractivity contribution >= 4 is 10.8 Å². The fourth-order valence-electron chi connectivity index (χ4n) is 2.79. The number of benzene rings is 2. The third-order valence-electron chi connectivity index (χ3n) is 4.03. The highest BCUT2D eigenvalue weighted by Gasteiger charge is 2.17. The Labute approximate surface area is 113 Å². The van der Waals surface area contributed by atoms with E-state index >= 15 is 0 Å². The van der Waals surface area contributed by atoms with Gasteiger partial charge in [-0.15, -0.1) is 0 Å². The number of nitrogens with one attached hydrogen (secondary N) is 1. The van der Waals surface area contributed by atoms with Gasteiger partial charge in [-0.25, -0.2) is 0 Å². The van der Waals surface area contributed by atoms with E-state index in [4.69, 9.17) is 0 Å². The summed E-state index contributed by atoms with van der Waals surface area (Å²) in [6.45, 7) is 6.63. The first-order valence-electron chi connectivity index (χ1n) is 6.91. The minimum absolute atomic E-state index is 0.329. The number of rotatable bonds is 2. The molecule has 3 heteroatoms. The molecule has 1 heterocycles. The van der Waals surface area contributed by atoms with Crippen LogP contribution in [0.5, 0.6) is 5.75 Å². The van der Waals surface area contributed by atoms with Gasteiger partial charge in [-0.1, -0.05) is 18.2 Å². The number of aromatic hydroxyl groups is 1. The molecule has 19 heavy (non-hydrogen) atoms. The van der Waals surface area contributed by atoms with Crippen molar-refractivity contribution in [1.82, 2.24) is 10.2 Å². The van der Waals surface area contributed by atoms with E-state index in [0.717, 1.165) is 31.6 Å². The largest absolute Gasteiger partial charge is 0.508 e. The third kappa shape index (κ3) is 2.57. The summed E-state index contributed by atoms with van der Waals surface area (Å²) in [5.74, 6) is 0.329. The number of nitrogens with zero attached hydrogens (tertiary/aromatic N) is 1. The van der Waals surface area contributed by atoms with Gasteiger partial charge in [-0.3, -0.25) is 4.90 Å². The molecule has 1 aliphatic heterocycles. The molecule has 0 aromatic heterocycles. The zero-order valence-corrected chi connectivity index (χ0v) is 11.3. The molecule has 1 atom stereocenters. The lowest BCUT2D eigenvalue weighted by molar-refractivity contribution is 0.185. The van der Waals surface area contributed by atoms with Crippen LogP contribution in [0.3, 0.4) is 0 Å². The van der Waals surface area contributed by atoms with E-state index in [-0.39, 0.29) is 0 Å². The molecule has 0 radical (unpaired) electrons. The van der Waals surface area contributed by atoms with Crippen molar-refractivity contribution in [1.29, 1.82) is 0 Å². The van der Waals surface area contributed by atoms with E-state index in [2.05, 4.69) is 35.3 Å². The topological polar surface area (TPSA) is 35.5 Å². The number of phenols is 1. The van der Waals surface area contributed by atoms with Crippen LogP contribution in [-0.2, 0) is 0 Å². The van der Waals surface area contributed by atoms with E-state index < -0.39 is 0 Å². The summed E-state index contributed by atoms with van der Waals surface area (Å²) in [6, 6.07) is 12.5. The molecule has 2 N–H and O–H groups in total. The monoisotopic (exact) mass is 256 g/mol. The molecule has 0 unspecified atom stereocenters. The van der Waals surface area contributed by atoms with Gasteiger partial charge in [-0.2, -0.15) is 0 Å². The highest BCUT2D eigenvalue weighted by molar-refractivity contribution is 5.84. The lowest BCUT2D eigenvalue weighted by atomic mass is 10.0. The molecule has 2 aromatic carbocycles. The summed E-state index contributed by atoms with van der Waals surface area (Å²) < 4.78 is 0. The molecule has 0 bridgehead atoms. The molecule has 1 aliphatic rings. The van der Waals surface area contributed by atoms with Crippen molar-refractivity contribution in [2.75, 3.05) is 26.2 Å². The van der Waals surface area contributed by atoms with Crippen LogP contribution in [0.4, 0.5) is 0 Å². The fraction of sp³-hybridized carbons (Fsp3) is 0.375. The van der Waals surface area contributed by atoms with Gasteiger partial charge in [0.2, 0.25) is 0 Å². The second kappa shape index (κ2) is 5.19. The van der Waals surface area contributed by atoms with Crippen molar-refractivity contribution < 1.29 is 5.11 Å². The van der Waals surface area contributed by atoms with Gasteiger partial charge in [0.1, 0.15) is 5.75 Å². The number of phenolic OH excluding ortho intramolecular Hbond substituents is 1. The second-order valence-corrected chi connectivity index (χ2v) is 5.25. The fourth-order valence-corrected chi connectivity index (χ4v) is 2.79. The van der Waals surface area contributed by atoms with Crippen LogP contribution >= 0.6 is 0 Å². The Bertz CT molecular complexity index is 576. The Hall–Kier alpha value is -1.58. The van der Waals surface area contributed by atoms with Crippen LogP contribution in [0, 0.1) is 0 Å². The summed E-state index contributed by atoms with van der Waals surface area (Å²) in [7, 11) is 0. The van der Waals surface area contributed by atoms with Crippen LogP contribution < -0.4 is 5.32 Å². The predicted molar refractivity (Wildman–Crippen MR) is 78.5 cm³/mol. The van der Waals surface area contributed by atoms with E-state index in [1.165, 1.54) is 10.9 Å². The normalized spacial score (nSPS) is 18.6. The van der Waals surface area contributed by atoms with Gasteiger partial charge < -0.3 is 10.4 Å². The Kier molecular flexibility index (Phi) is 3.40. The van der Waals surface area contributed by atoms with Gasteiger partial charge in [0, 0.05) is 32.2 Å². The average Bonchev–Trinajstić information content (AvgIpc) is 2.47. The minimum atomic E-state index is 0.329. The molecule has 0 aliphatic carbocycles. The molecule has 3 nitrogen and oxygen atoms in total. The maximum atomic E-state index is 9.50. The summed E-state index contributed by atoms with van der Waals surface area (Å²) in [4.78, 5) is 2.51. The van der Waals surface area contributed by atoms with E-state index in [1.54, 1.807) is 6.07 Å². The summed E-state index contributed by atoms with van der Waals surface area (Å²) in [6.07, 6.45) is 0. The third-order valence-corrected chi connectivity index (χ3v) is 4.03. The summed E-state index contributed by atoms with van der Waals surface area (Å²) in [5.41, 5.74) is 1.35. The quantitative estimate of drug-likeness (QED) is 0.866. The number of hydrogen-bond acceptors (Lipinski definition) is 3. The van der Waals surface area contributed by atoms with Gasteiger partial charge in [0.05, 0.1) is 0 Å². The van der Waals surface area contributed by atoms with E-state index in [1.807, 2.05) is 12.1 Å².